The fraction of sp³-hybridized carbons (Fsp3) is 0.895. The summed E-state index contributed by atoms with van der Waals surface area (Å²) in [5.41, 5.74) is 0. The summed E-state index contributed by atoms with van der Waals surface area (Å²) in [7, 11) is 0. The molecule has 2 N–H and O–H groups in total. The Balaban J connectivity index is 0.00000312. The highest BCUT2D eigenvalue weighted by atomic mass is 127. The van der Waals surface area contributed by atoms with Crippen molar-refractivity contribution < 1.29 is 4.79 Å². The van der Waals surface area contributed by atoms with Gasteiger partial charge in [-0.25, -0.2) is 0 Å². The topological polar surface area (TPSA) is 56.7 Å². The largest absolute Gasteiger partial charge is 0.357 e. The molecule has 0 spiro atoms. The zero-order valence-corrected chi connectivity index (χ0v) is 18.4. The molecule has 1 saturated carbocycles. The first-order valence-corrected chi connectivity index (χ1v) is 10.0. The van der Waals surface area contributed by atoms with Crippen molar-refractivity contribution in [3.05, 3.63) is 0 Å². The number of hydrogen-bond donors (Lipinski definition) is 2. The van der Waals surface area contributed by atoms with Crippen molar-refractivity contribution in [2.24, 2.45) is 16.8 Å². The number of aliphatic imine (C=N–C) groups is 1. The maximum absolute atomic E-state index is 11.6. The Morgan fingerprint density at radius 3 is 2.48 bits per heavy atom. The number of nitrogens with zero attached hydrogens (tertiary/aromatic N) is 2. The van der Waals surface area contributed by atoms with Gasteiger partial charge in [0.25, 0.3) is 0 Å². The van der Waals surface area contributed by atoms with E-state index in [1.807, 2.05) is 4.90 Å². The molecule has 1 aliphatic heterocycles. The Kier molecular flexibility index (Phi) is 11.5. The minimum Gasteiger partial charge on any atom is -0.357 e. The van der Waals surface area contributed by atoms with Crippen molar-refractivity contribution in [1.82, 2.24) is 15.5 Å². The number of guanidine groups is 1. The molecule has 25 heavy (non-hydrogen) atoms. The molecule has 2 aliphatic rings. The number of halogens is 1. The minimum absolute atomic E-state index is 0. The molecule has 1 heterocycles. The van der Waals surface area contributed by atoms with Gasteiger partial charge in [-0.3, -0.25) is 9.79 Å². The quantitative estimate of drug-likeness (QED) is 0.251. The normalized spacial score (nSPS) is 24.2. The van der Waals surface area contributed by atoms with E-state index in [0.29, 0.717) is 5.91 Å². The molecule has 0 atom stereocenters. The smallest absolute Gasteiger partial charge is 0.222 e. The maximum Gasteiger partial charge on any atom is 0.222 e. The van der Waals surface area contributed by atoms with Crippen LogP contribution in [0, 0.1) is 11.8 Å². The third-order valence-electron chi connectivity index (χ3n) is 5.46. The summed E-state index contributed by atoms with van der Waals surface area (Å²) in [6, 6.07) is 0. The van der Waals surface area contributed by atoms with Gasteiger partial charge in [-0.05, 0) is 44.4 Å². The molecule has 0 aromatic heterocycles. The lowest BCUT2D eigenvalue weighted by atomic mass is 9.81. The van der Waals surface area contributed by atoms with Crippen LogP contribution in [-0.4, -0.2) is 49.5 Å². The average Bonchev–Trinajstić information content (AvgIpc) is 3.02. The Morgan fingerprint density at radius 2 is 1.88 bits per heavy atom. The second-order valence-electron chi connectivity index (χ2n) is 7.28. The fourth-order valence-corrected chi connectivity index (χ4v) is 3.80. The Labute approximate surface area is 170 Å². The van der Waals surface area contributed by atoms with Crippen LogP contribution in [0.15, 0.2) is 4.99 Å². The van der Waals surface area contributed by atoms with E-state index in [9.17, 15) is 4.79 Å². The highest BCUT2D eigenvalue weighted by molar-refractivity contribution is 14.0. The second kappa shape index (κ2) is 12.8. The number of rotatable bonds is 8. The number of hydrogen-bond acceptors (Lipinski definition) is 2. The van der Waals surface area contributed by atoms with Gasteiger partial charge in [0.1, 0.15) is 0 Å². The maximum atomic E-state index is 11.6. The number of carbonyl (C=O) groups excluding carboxylic acids is 1. The van der Waals surface area contributed by atoms with Gasteiger partial charge in [-0.1, -0.05) is 26.2 Å². The molecule has 0 radical (unpaired) electrons. The molecular formula is C19H37IN4O. The van der Waals surface area contributed by atoms with Crippen LogP contribution in [0.5, 0.6) is 0 Å². The third-order valence-corrected chi connectivity index (χ3v) is 5.46. The van der Waals surface area contributed by atoms with Gasteiger partial charge in [0.15, 0.2) is 5.96 Å². The number of amides is 1. The van der Waals surface area contributed by atoms with E-state index in [0.717, 1.165) is 69.8 Å². The summed E-state index contributed by atoms with van der Waals surface area (Å²) < 4.78 is 0. The number of nitrogens with one attached hydrogen (secondary N) is 2. The predicted molar refractivity (Wildman–Crippen MR) is 116 cm³/mol. The van der Waals surface area contributed by atoms with Crippen molar-refractivity contribution in [3.63, 3.8) is 0 Å². The highest BCUT2D eigenvalue weighted by Crippen LogP contribution is 2.30. The van der Waals surface area contributed by atoms with Crippen molar-refractivity contribution in [2.75, 3.05) is 32.7 Å². The summed E-state index contributed by atoms with van der Waals surface area (Å²) >= 11 is 0. The molecule has 1 aliphatic carbocycles. The molecule has 0 aromatic rings. The third kappa shape index (κ3) is 8.13. The van der Waals surface area contributed by atoms with Crippen LogP contribution >= 0.6 is 24.0 Å². The first-order valence-electron chi connectivity index (χ1n) is 10.0. The van der Waals surface area contributed by atoms with Gasteiger partial charge < -0.3 is 15.5 Å². The summed E-state index contributed by atoms with van der Waals surface area (Å²) in [5, 5.41) is 6.76. The highest BCUT2D eigenvalue weighted by Gasteiger charge is 2.20. The van der Waals surface area contributed by atoms with Crippen LogP contribution < -0.4 is 10.6 Å². The van der Waals surface area contributed by atoms with Gasteiger partial charge in [-0.2, -0.15) is 0 Å². The Bertz CT molecular complexity index is 408. The lowest BCUT2D eigenvalue weighted by Gasteiger charge is -2.26. The summed E-state index contributed by atoms with van der Waals surface area (Å²) in [5.74, 6) is 2.96. The monoisotopic (exact) mass is 464 g/mol. The van der Waals surface area contributed by atoms with Crippen molar-refractivity contribution in [2.45, 2.75) is 65.2 Å². The summed E-state index contributed by atoms with van der Waals surface area (Å²) in [6.07, 6.45) is 9.50. The van der Waals surface area contributed by atoms with Crippen LogP contribution in [0.4, 0.5) is 0 Å². The van der Waals surface area contributed by atoms with Crippen LogP contribution in [0.25, 0.3) is 0 Å². The molecule has 1 saturated heterocycles. The molecule has 0 bridgehead atoms. The average molecular weight is 464 g/mol. The van der Waals surface area contributed by atoms with Crippen LogP contribution in [0.2, 0.25) is 0 Å². The molecular weight excluding hydrogens is 427 g/mol. The van der Waals surface area contributed by atoms with Crippen molar-refractivity contribution in [1.29, 1.82) is 0 Å². The van der Waals surface area contributed by atoms with E-state index in [-0.39, 0.29) is 24.0 Å². The molecule has 146 valence electrons. The van der Waals surface area contributed by atoms with Gasteiger partial charge >= 0.3 is 0 Å². The molecule has 5 nitrogen and oxygen atoms in total. The SMILES string of the molecule is CCNC(=NCC1CCC(CC)CC1)NCCCN1CCCC1=O.I. The Hall–Kier alpha value is -0.530. The first kappa shape index (κ1) is 22.5. The van der Waals surface area contributed by atoms with E-state index < -0.39 is 0 Å². The van der Waals surface area contributed by atoms with Crippen molar-refractivity contribution >= 4 is 35.8 Å². The first-order chi connectivity index (χ1) is 11.7. The zero-order valence-electron chi connectivity index (χ0n) is 16.1. The Morgan fingerprint density at radius 1 is 1.16 bits per heavy atom. The number of carbonyl (C=O) groups is 1. The zero-order chi connectivity index (χ0) is 17.2. The van der Waals surface area contributed by atoms with E-state index >= 15 is 0 Å². The molecule has 6 heteroatoms. The van der Waals surface area contributed by atoms with Crippen molar-refractivity contribution in [3.8, 4) is 0 Å². The standard InChI is InChI=1S/C19H36N4O.HI/c1-3-16-8-10-17(11-9-16)15-22-19(20-4-2)21-12-6-14-23-13-5-7-18(23)24;/h16-17H,3-15H2,1-2H3,(H2,20,21,22);1H. The molecule has 0 unspecified atom stereocenters. The molecule has 0 aromatic carbocycles. The van der Waals surface area contributed by atoms with Crippen LogP contribution in [-0.2, 0) is 4.79 Å². The molecule has 1 amide bonds. The minimum atomic E-state index is 0. The number of likely N-dealkylation sites (tertiary alicyclic amines) is 1. The van der Waals surface area contributed by atoms with E-state index in [1.165, 1.54) is 32.1 Å². The van der Waals surface area contributed by atoms with Gasteiger partial charge in [0.05, 0.1) is 0 Å². The van der Waals surface area contributed by atoms with E-state index in [4.69, 9.17) is 4.99 Å². The second-order valence-corrected chi connectivity index (χ2v) is 7.28. The lowest BCUT2D eigenvalue weighted by Crippen LogP contribution is -2.39. The summed E-state index contributed by atoms with van der Waals surface area (Å²) in [4.78, 5) is 18.4. The van der Waals surface area contributed by atoms with E-state index in [1.54, 1.807) is 0 Å². The lowest BCUT2D eigenvalue weighted by molar-refractivity contribution is -0.127. The summed E-state index contributed by atoms with van der Waals surface area (Å²) in [6.45, 7) is 8.92. The van der Waals surface area contributed by atoms with Gasteiger partial charge in [0, 0.05) is 39.1 Å². The molecule has 2 fully saturated rings. The van der Waals surface area contributed by atoms with Gasteiger partial charge in [-0.15, -0.1) is 24.0 Å². The van der Waals surface area contributed by atoms with E-state index in [2.05, 4.69) is 24.5 Å². The predicted octanol–water partition coefficient (Wildman–Crippen LogP) is 3.39. The van der Waals surface area contributed by atoms with Crippen LogP contribution in [0.3, 0.4) is 0 Å². The molecule has 2 rings (SSSR count). The van der Waals surface area contributed by atoms with Gasteiger partial charge in [0.2, 0.25) is 5.91 Å². The fourth-order valence-electron chi connectivity index (χ4n) is 3.80. The van der Waals surface area contributed by atoms with Crippen LogP contribution in [0.1, 0.15) is 65.2 Å².